The number of aromatic nitrogens is 3. The predicted octanol–water partition coefficient (Wildman–Crippen LogP) is 3.06. The first-order chi connectivity index (χ1) is 8.97. The molecule has 1 aromatic heterocycles. The number of para-hydroxylation sites is 1. The minimum atomic E-state index is -0.143. The van der Waals surface area contributed by atoms with E-state index in [4.69, 9.17) is 0 Å². The molecule has 0 radical (unpaired) electrons. The zero-order valence-electron chi connectivity index (χ0n) is 10.4. The molecule has 7 heteroatoms. The van der Waals surface area contributed by atoms with E-state index < -0.39 is 0 Å². The maximum absolute atomic E-state index is 12.0. The zero-order valence-corrected chi connectivity index (χ0v) is 13.6. The van der Waals surface area contributed by atoms with Crippen LogP contribution >= 0.6 is 31.9 Å². The van der Waals surface area contributed by atoms with Gasteiger partial charge in [-0.15, -0.1) is 5.10 Å². The molecule has 0 bridgehead atoms. The van der Waals surface area contributed by atoms with Crippen molar-refractivity contribution in [1.29, 1.82) is 0 Å². The number of anilines is 1. The van der Waals surface area contributed by atoms with E-state index in [0.717, 1.165) is 16.8 Å². The number of aryl methyl sites for hydroxylation is 2. The summed E-state index contributed by atoms with van der Waals surface area (Å²) in [5.41, 5.74) is 2.92. The highest BCUT2D eigenvalue weighted by Gasteiger charge is 2.11. The molecule has 0 aliphatic rings. The van der Waals surface area contributed by atoms with E-state index >= 15 is 0 Å². The van der Waals surface area contributed by atoms with Gasteiger partial charge in [-0.3, -0.25) is 4.79 Å². The topological polar surface area (TPSA) is 59.8 Å². The van der Waals surface area contributed by atoms with E-state index in [1.807, 2.05) is 32.0 Å². The average Bonchev–Trinajstić information content (AvgIpc) is 2.63. The molecule has 0 spiro atoms. The number of amides is 1. The van der Waals surface area contributed by atoms with Crippen molar-refractivity contribution in [3.63, 3.8) is 0 Å². The van der Waals surface area contributed by atoms with Crippen LogP contribution in [0.2, 0.25) is 0 Å². The van der Waals surface area contributed by atoms with Crippen molar-refractivity contribution in [2.45, 2.75) is 20.4 Å². The second-order valence-electron chi connectivity index (χ2n) is 4.12. The Morgan fingerprint density at radius 3 is 2.47 bits per heavy atom. The number of rotatable bonds is 3. The van der Waals surface area contributed by atoms with E-state index in [2.05, 4.69) is 47.3 Å². The highest BCUT2D eigenvalue weighted by atomic mass is 79.9. The Morgan fingerprint density at radius 1 is 1.32 bits per heavy atom. The maximum atomic E-state index is 12.0. The molecule has 0 saturated heterocycles. The fourth-order valence-corrected chi connectivity index (χ4v) is 2.69. The standard InChI is InChI=1S/C12H12Br2N4O/c1-7-4-3-5-8(2)10(7)15-9(19)6-18-12(14)16-11(13)17-18/h3-5H,6H2,1-2H3,(H,15,19). The summed E-state index contributed by atoms with van der Waals surface area (Å²) in [6.07, 6.45) is 0. The van der Waals surface area contributed by atoms with Crippen LogP contribution in [0.4, 0.5) is 5.69 Å². The molecule has 0 atom stereocenters. The molecule has 0 saturated carbocycles. The minimum absolute atomic E-state index is 0.104. The second-order valence-corrected chi connectivity index (χ2v) is 5.54. The fraction of sp³-hybridized carbons (Fsp3) is 0.250. The normalized spacial score (nSPS) is 10.5. The van der Waals surface area contributed by atoms with Gasteiger partial charge in [-0.1, -0.05) is 18.2 Å². The summed E-state index contributed by atoms with van der Waals surface area (Å²) in [6, 6.07) is 5.89. The van der Waals surface area contributed by atoms with E-state index in [-0.39, 0.29) is 12.5 Å². The van der Waals surface area contributed by atoms with Gasteiger partial charge in [0.25, 0.3) is 0 Å². The molecule has 0 aliphatic heterocycles. The van der Waals surface area contributed by atoms with Gasteiger partial charge in [-0.25, -0.2) is 4.68 Å². The molecule has 100 valence electrons. The minimum Gasteiger partial charge on any atom is -0.324 e. The average molecular weight is 388 g/mol. The van der Waals surface area contributed by atoms with Crippen LogP contribution in [0, 0.1) is 13.8 Å². The molecule has 0 fully saturated rings. The largest absolute Gasteiger partial charge is 0.324 e. The van der Waals surface area contributed by atoms with Crippen LogP contribution in [-0.4, -0.2) is 20.7 Å². The lowest BCUT2D eigenvalue weighted by Crippen LogP contribution is -2.20. The molecule has 5 nitrogen and oxygen atoms in total. The van der Waals surface area contributed by atoms with Crippen LogP contribution in [-0.2, 0) is 11.3 Å². The van der Waals surface area contributed by atoms with Crippen molar-refractivity contribution in [2.24, 2.45) is 0 Å². The van der Waals surface area contributed by atoms with Crippen molar-refractivity contribution in [3.8, 4) is 0 Å². The Kier molecular flexibility index (Phi) is 4.36. The number of hydrogen-bond donors (Lipinski definition) is 1. The Bertz CT molecular complexity index is 604. The van der Waals surface area contributed by atoms with Gasteiger partial charge < -0.3 is 5.32 Å². The van der Waals surface area contributed by atoms with Crippen molar-refractivity contribution < 1.29 is 4.79 Å². The van der Waals surface area contributed by atoms with Crippen molar-refractivity contribution in [3.05, 3.63) is 38.8 Å². The summed E-state index contributed by atoms with van der Waals surface area (Å²) in [4.78, 5) is 16.0. The first-order valence-electron chi connectivity index (χ1n) is 5.59. The van der Waals surface area contributed by atoms with Gasteiger partial charge in [-0.2, -0.15) is 4.98 Å². The zero-order chi connectivity index (χ0) is 14.0. The molecular formula is C12H12Br2N4O. The molecule has 0 unspecified atom stereocenters. The molecule has 0 aliphatic carbocycles. The van der Waals surface area contributed by atoms with Gasteiger partial charge in [0.2, 0.25) is 10.6 Å². The van der Waals surface area contributed by atoms with Gasteiger partial charge in [0.1, 0.15) is 6.54 Å². The summed E-state index contributed by atoms with van der Waals surface area (Å²) in [7, 11) is 0. The van der Waals surface area contributed by atoms with Crippen LogP contribution in [0.3, 0.4) is 0 Å². The number of nitrogens with zero attached hydrogens (tertiary/aromatic N) is 3. The van der Waals surface area contributed by atoms with Crippen LogP contribution in [0.25, 0.3) is 0 Å². The van der Waals surface area contributed by atoms with E-state index in [0.29, 0.717) is 9.47 Å². The van der Waals surface area contributed by atoms with Gasteiger partial charge >= 0.3 is 0 Å². The predicted molar refractivity (Wildman–Crippen MR) is 80.0 cm³/mol. The summed E-state index contributed by atoms with van der Waals surface area (Å²) >= 11 is 6.40. The highest BCUT2D eigenvalue weighted by molar-refractivity contribution is 9.11. The first kappa shape index (κ1) is 14.2. The Balaban J connectivity index is 2.12. The number of benzene rings is 1. The Labute approximate surface area is 127 Å². The van der Waals surface area contributed by atoms with Crippen LogP contribution < -0.4 is 5.32 Å². The molecule has 1 amide bonds. The lowest BCUT2D eigenvalue weighted by atomic mass is 10.1. The molecule has 2 rings (SSSR count). The van der Waals surface area contributed by atoms with Crippen molar-refractivity contribution in [2.75, 3.05) is 5.32 Å². The third-order valence-corrected chi connectivity index (χ3v) is 3.56. The highest BCUT2D eigenvalue weighted by Crippen LogP contribution is 2.19. The monoisotopic (exact) mass is 386 g/mol. The van der Waals surface area contributed by atoms with E-state index in [9.17, 15) is 4.79 Å². The Morgan fingerprint density at radius 2 is 1.95 bits per heavy atom. The van der Waals surface area contributed by atoms with E-state index in [1.54, 1.807) is 0 Å². The van der Waals surface area contributed by atoms with Gasteiger partial charge in [0.15, 0.2) is 4.73 Å². The summed E-state index contributed by atoms with van der Waals surface area (Å²) in [5.74, 6) is -0.143. The number of nitrogens with one attached hydrogen (secondary N) is 1. The molecule has 1 heterocycles. The third-order valence-electron chi connectivity index (χ3n) is 2.64. The molecule has 1 aromatic carbocycles. The van der Waals surface area contributed by atoms with Crippen molar-refractivity contribution in [1.82, 2.24) is 14.8 Å². The lowest BCUT2D eigenvalue weighted by Gasteiger charge is -2.11. The SMILES string of the molecule is Cc1cccc(C)c1NC(=O)Cn1nc(Br)nc1Br. The quantitative estimate of drug-likeness (QED) is 0.880. The molecule has 19 heavy (non-hydrogen) atoms. The lowest BCUT2D eigenvalue weighted by molar-refractivity contribution is -0.117. The number of halogens is 2. The fourth-order valence-electron chi connectivity index (χ4n) is 1.72. The third kappa shape index (κ3) is 3.42. The number of hydrogen-bond acceptors (Lipinski definition) is 3. The van der Waals surface area contributed by atoms with Gasteiger partial charge in [0.05, 0.1) is 0 Å². The summed E-state index contributed by atoms with van der Waals surface area (Å²) < 4.78 is 2.43. The van der Waals surface area contributed by atoms with Gasteiger partial charge in [-0.05, 0) is 56.8 Å². The molecule has 1 N–H and O–H groups in total. The second kappa shape index (κ2) is 5.83. The van der Waals surface area contributed by atoms with E-state index in [1.165, 1.54) is 4.68 Å². The smallest absolute Gasteiger partial charge is 0.246 e. The number of carbonyl (C=O) groups excluding carboxylic acids is 1. The maximum Gasteiger partial charge on any atom is 0.246 e. The summed E-state index contributed by atoms with van der Waals surface area (Å²) in [5, 5.41) is 6.95. The molecular weight excluding hydrogens is 376 g/mol. The number of carbonyl (C=O) groups is 1. The Hall–Kier alpha value is -1.21. The summed E-state index contributed by atoms with van der Waals surface area (Å²) in [6.45, 7) is 4.03. The van der Waals surface area contributed by atoms with Crippen LogP contribution in [0.5, 0.6) is 0 Å². The van der Waals surface area contributed by atoms with Gasteiger partial charge in [0, 0.05) is 5.69 Å². The molecule has 2 aromatic rings. The van der Waals surface area contributed by atoms with Crippen LogP contribution in [0.15, 0.2) is 27.7 Å². The van der Waals surface area contributed by atoms with Crippen molar-refractivity contribution >= 4 is 43.5 Å². The van der Waals surface area contributed by atoms with Crippen LogP contribution in [0.1, 0.15) is 11.1 Å². The first-order valence-corrected chi connectivity index (χ1v) is 7.18.